The maximum Gasteiger partial charge on any atom is 0.178 e. The Labute approximate surface area is 111 Å². The molecule has 1 aromatic carbocycles. The van der Waals surface area contributed by atoms with Gasteiger partial charge in [0.05, 0.1) is 22.7 Å². The number of H-pyrrole nitrogens is 1. The zero-order valence-corrected chi connectivity index (χ0v) is 11.1. The van der Waals surface area contributed by atoms with Crippen LogP contribution in [0.5, 0.6) is 0 Å². The molecule has 1 atom stereocenters. The molecule has 3 nitrogen and oxygen atoms in total. The largest absolute Gasteiger partial charge is 0.331 e. The van der Waals surface area contributed by atoms with Gasteiger partial charge >= 0.3 is 0 Å². The van der Waals surface area contributed by atoms with Crippen molar-refractivity contribution < 1.29 is 0 Å². The van der Waals surface area contributed by atoms with Crippen molar-refractivity contribution in [3.8, 4) is 6.07 Å². The van der Waals surface area contributed by atoms with E-state index >= 15 is 0 Å². The number of aromatic nitrogens is 2. The number of rotatable bonds is 2. The second-order valence-electron chi connectivity index (χ2n) is 5.08. The van der Waals surface area contributed by atoms with Gasteiger partial charge in [0.1, 0.15) is 0 Å². The lowest BCUT2D eigenvalue weighted by Gasteiger charge is -2.32. The molecule has 18 heavy (non-hydrogen) atoms. The van der Waals surface area contributed by atoms with Crippen LogP contribution in [-0.4, -0.2) is 9.55 Å². The van der Waals surface area contributed by atoms with Gasteiger partial charge in [-0.15, -0.1) is 0 Å². The Morgan fingerprint density at radius 3 is 2.89 bits per heavy atom. The first-order chi connectivity index (χ1) is 8.70. The molecule has 1 aliphatic rings. The summed E-state index contributed by atoms with van der Waals surface area (Å²) in [5.74, 6) is 0.724. The number of imidazole rings is 1. The number of fused-ring (bicyclic) bond motifs is 1. The van der Waals surface area contributed by atoms with Crippen LogP contribution < -0.4 is 0 Å². The summed E-state index contributed by atoms with van der Waals surface area (Å²) in [6.45, 7) is 2.23. The lowest BCUT2D eigenvalue weighted by molar-refractivity contribution is 0.224. The summed E-state index contributed by atoms with van der Waals surface area (Å²) in [4.78, 5) is 3.23. The number of nitrogens with one attached hydrogen (secondary N) is 1. The van der Waals surface area contributed by atoms with Crippen LogP contribution in [0.1, 0.15) is 37.8 Å². The SMILES string of the molecule is CC(C1CCC1)n1c(=S)[nH]c2ccc(C#N)cc21. The second kappa shape index (κ2) is 4.25. The molecule has 4 heteroatoms. The quantitative estimate of drug-likeness (QED) is 0.828. The summed E-state index contributed by atoms with van der Waals surface area (Å²) in [5.41, 5.74) is 2.76. The number of benzene rings is 1. The van der Waals surface area contributed by atoms with Gasteiger partial charge in [0.25, 0.3) is 0 Å². The number of aromatic amines is 1. The summed E-state index contributed by atoms with van der Waals surface area (Å²) < 4.78 is 2.94. The van der Waals surface area contributed by atoms with Gasteiger partial charge in [0.15, 0.2) is 4.77 Å². The van der Waals surface area contributed by atoms with E-state index in [1.165, 1.54) is 19.3 Å². The smallest absolute Gasteiger partial charge is 0.178 e. The number of hydrogen-bond donors (Lipinski definition) is 1. The van der Waals surface area contributed by atoms with Crippen LogP contribution in [0.2, 0.25) is 0 Å². The molecule has 1 heterocycles. The van der Waals surface area contributed by atoms with Gasteiger partial charge in [-0.1, -0.05) is 6.42 Å². The molecule has 0 saturated heterocycles. The minimum absolute atomic E-state index is 0.411. The highest BCUT2D eigenvalue weighted by molar-refractivity contribution is 7.71. The lowest BCUT2D eigenvalue weighted by atomic mass is 9.80. The first-order valence-corrected chi connectivity index (χ1v) is 6.76. The highest BCUT2D eigenvalue weighted by Gasteiger charge is 2.26. The number of nitrogens with zero attached hydrogens (tertiary/aromatic N) is 2. The third-order valence-electron chi connectivity index (χ3n) is 4.09. The molecule has 1 unspecified atom stereocenters. The topological polar surface area (TPSA) is 44.5 Å². The molecule has 2 aromatic rings. The molecule has 0 aliphatic heterocycles. The molecule has 0 amide bonds. The summed E-state index contributed by atoms with van der Waals surface area (Å²) in [7, 11) is 0. The molecule has 1 fully saturated rings. The molecule has 1 aromatic heterocycles. The summed E-state index contributed by atoms with van der Waals surface area (Å²) in [6.07, 6.45) is 3.90. The van der Waals surface area contributed by atoms with Gasteiger partial charge in [0, 0.05) is 6.04 Å². The van der Waals surface area contributed by atoms with E-state index in [2.05, 4.69) is 22.5 Å². The van der Waals surface area contributed by atoms with Crippen molar-refractivity contribution in [3.63, 3.8) is 0 Å². The van der Waals surface area contributed by atoms with E-state index in [9.17, 15) is 0 Å². The normalized spacial score (nSPS) is 17.3. The minimum Gasteiger partial charge on any atom is -0.331 e. The summed E-state index contributed by atoms with van der Waals surface area (Å²) >= 11 is 5.42. The van der Waals surface area contributed by atoms with Gasteiger partial charge in [0.2, 0.25) is 0 Å². The maximum atomic E-state index is 9.00. The Morgan fingerprint density at radius 1 is 1.50 bits per heavy atom. The molecular formula is C14H15N3S. The Morgan fingerprint density at radius 2 is 2.28 bits per heavy atom. The summed E-state index contributed by atoms with van der Waals surface area (Å²) in [6, 6.07) is 8.29. The molecule has 1 saturated carbocycles. The monoisotopic (exact) mass is 257 g/mol. The van der Waals surface area contributed by atoms with E-state index in [0.717, 1.165) is 21.7 Å². The summed E-state index contributed by atoms with van der Waals surface area (Å²) in [5, 5.41) is 9.00. The maximum absolute atomic E-state index is 9.00. The van der Waals surface area contributed by atoms with Crippen molar-refractivity contribution in [1.29, 1.82) is 5.26 Å². The Bertz CT molecular complexity index is 685. The fraction of sp³-hybridized carbons (Fsp3) is 0.429. The van der Waals surface area contributed by atoms with Gasteiger partial charge in [-0.05, 0) is 56.1 Å². The van der Waals surface area contributed by atoms with Gasteiger partial charge in [-0.3, -0.25) is 0 Å². The third kappa shape index (κ3) is 1.67. The van der Waals surface area contributed by atoms with Crippen molar-refractivity contribution in [2.45, 2.75) is 32.2 Å². The minimum atomic E-state index is 0.411. The molecule has 0 bridgehead atoms. The van der Waals surface area contributed by atoms with E-state index in [1.807, 2.05) is 18.2 Å². The molecule has 3 rings (SSSR count). The Balaban J connectivity index is 2.17. The zero-order valence-electron chi connectivity index (χ0n) is 10.3. The fourth-order valence-corrected chi connectivity index (χ4v) is 3.10. The second-order valence-corrected chi connectivity index (χ2v) is 5.46. The van der Waals surface area contributed by atoms with Crippen LogP contribution in [0.4, 0.5) is 0 Å². The fourth-order valence-electron chi connectivity index (χ4n) is 2.73. The van der Waals surface area contributed by atoms with Crippen molar-refractivity contribution >= 4 is 23.3 Å². The zero-order chi connectivity index (χ0) is 12.7. The Hall–Kier alpha value is -1.60. The standard InChI is InChI=1S/C14H15N3S/c1-9(11-3-2-4-11)17-13-7-10(8-15)5-6-12(13)16-14(17)18/h5-7,9,11H,2-4H2,1H3,(H,16,18). The number of hydrogen-bond acceptors (Lipinski definition) is 2. The van der Waals surface area contributed by atoms with Crippen molar-refractivity contribution in [2.24, 2.45) is 5.92 Å². The average molecular weight is 257 g/mol. The van der Waals surface area contributed by atoms with E-state index in [4.69, 9.17) is 17.5 Å². The lowest BCUT2D eigenvalue weighted by Crippen LogP contribution is -2.22. The van der Waals surface area contributed by atoms with E-state index in [1.54, 1.807) is 0 Å². The van der Waals surface area contributed by atoms with Gasteiger partial charge in [-0.25, -0.2) is 0 Å². The van der Waals surface area contributed by atoms with E-state index < -0.39 is 0 Å². The van der Waals surface area contributed by atoms with E-state index in [-0.39, 0.29) is 0 Å². The van der Waals surface area contributed by atoms with Gasteiger partial charge < -0.3 is 9.55 Å². The highest BCUT2D eigenvalue weighted by atomic mass is 32.1. The molecular weight excluding hydrogens is 242 g/mol. The third-order valence-corrected chi connectivity index (χ3v) is 4.38. The van der Waals surface area contributed by atoms with Crippen molar-refractivity contribution in [1.82, 2.24) is 9.55 Å². The molecule has 92 valence electrons. The molecule has 0 radical (unpaired) electrons. The van der Waals surface area contributed by atoms with Crippen LogP contribution in [0.15, 0.2) is 18.2 Å². The predicted octanol–water partition coefficient (Wildman–Crippen LogP) is 3.93. The van der Waals surface area contributed by atoms with Crippen LogP contribution in [0.25, 0.3) is 11.0 Å². The Kier molecular flexibility index (Phi) is 2.71. The first-order valence-electron chi connectivity index (χ1n) is 6.35. The first kappa shape index (κ1) is 11.5. The molecule has 0 spiro atoms. The van der Waals surface area contributed by atoms with Gasteiger partial charge in [-0.2, -0.15) is 5.26 Å². The average Bonchev–Trinajstić information content (AvgIpc) is 2.61. The molecule has 1 N–H and O–H groups in total. The van der Waals surface area contributed by atoms with Crippen molar-refractivity contribution in [2.75, 3.05) is 0 Å². The van der Waals surface area contributed by atoms with E-state index in [0.29, 0.717) is 11.6 Å². The number of nitriles is 1. The molecule has 1 aliphatic carbocycles. The van der Waals surface area contributed by atoms with Crippen LogP contribution in [0, 0.1) is 22.0 Å². The van der Waals surface area contributed by atoms with Crippen LogP contribution in [-0.2, 0) is 0 Å². The highest BCUT2D eigenvalue weighted by Crippen LogP contribution is 2.37. The predicted molar refractivity (Wildman–Crippen MR) is 73.9 cm³/mol. The van der Waals surface area contributed by atoms with Crippen LogP contribution in [0.3, 0.4) is 0 Å². The van der Waals surface area contributed by atoms with Crippen LogP contribution >= 0.6 is 12.2 Å². The van der Waals surface area contributed by atoms with Crippen molar-refractivity contribution in [3.05, 3.63) is 28.5 Å².